The van der Waals surface area contributed by atoms with E-state index in [4.69, 9.17) is 16.9 Å². The highest BCUT2D eigenvalue weighted by atomic mass is 35.5. The summed E-state index contributed by atoms with van der Waals surface area (Å²) in [4.78, 5) is 35.3. The normalized spacial score (nSPS) is 16.9. The molecule has 0 aliphatic carbocycles. The zero-order chi connectivity index (χ0) is 31.0. The summed E-state index contributed by atoms with van der Waals surface area (Å²) >= 11 is 6.47. The largest absolute Gasteiger partial charge is 0.435 e. The number of aromatic nitrogens is 5. The molecule has 2 fully saturated rings. The number of imidazole rings is 1. The molecule has 2 aliphatic heterocycles. The first-order chi connectivity index (χ1) is 21.1. The van der Waals surface area contributed by atoms with Crippen LogP contribution in [0.1, 0.15) is 22.5 Å². The fourth-order valence-electron chi connectivity index (χ4n) is 5.18. The molecule has 0 bridgehead atoms. The van der Waals surface area contributed by atoms with Gasteiger partial charge in [0.25, 0.3) is 5.91 Å². The predicted octanol–water partition coefficient (Wildman–Crippen LogP) is 3.02. The van der Waals surface area contributed by atoms with Crippen LogP contribution in [0.5, 0.6) is 0 Å². The maximum Gasteiger partial charge on any atom is 0.435 e. The Morgan fingerprint density at radius 3 is 2.68 bits per heavy atom. The summed E-state index contributed by atoms with van der Waals surface area (Å²) in [7, 11) is 0. The Hall–Kier alpha value is -4.88. The van der Waals surface area contributed by atoms with Gasteiger partial charge < -0.3 is 26.2 Å². The lowest BCUT2D eigenvalue weighted by atomic mass is 10.1. The molecule has 17 heteroatoms. The van der Waals surface area contributed by atoms with E-state index in [1.165, 1.54) is 29.1 Å². The van der Waals surface area contributed by atoms with Crippen LogP contribution >= 0.6 is 11.6 Å². The van der Waals surface area contributed by atoms with Gasteiger partial charge in [-0.1, -0.05) is 11.6 Å². The lowest BCUT2D eigenvalue weighted by Crippen LogP contribution is -2.62. The van der Waals surface area contributed by atoms with E-state index in [1.807, 2.05) is 0 Å². The number of hydrogen-bond acceptors (Lipinski definition) is 8. The van der Waals surface area contributed by atoms with E-state index in [9.17, 15) is 22.8 Å². The SMILES string of the molecule is N#CCn1cc(-c2cnc3c(Nc4ccc(C(=O)N5CC(NC(=O)N[C@@H]6CCNC6)C5)c(Cl)c4)nccn23)c(C(F)(F)F)n1. The van der Waals surface area contributed by atoms with Crippen LogP contribution in [0.15, 0.2) is 43.0 Å². The topological polar surface area (TPSA) is 157 Å². The first-order valence-corrected chi connectivity index (χ1v) is 14.0. The number of anilines is 2. The molecule has 0 spiro atoms. The number of fused-ring (bicyclic) bond motifs is 1. The number of hydrogen-bond donors (Lipinski definition) is 4. The second kappa shape index (κ2) is 11.7. The minimum Gasteiger partial charge on any atom is -0.337 e. The number of rotatable bonds is 7. The lowest BCUT2D eigenvalue weighted by molar-refractivity contribution is -0.141. The van der Waals surface area contributed by atoms with Gasteiger partial charge in [0.1, 0.15) is 6.54 Å². The van der Waals surface area contributed by atoms with Gasteiger partial charge in [-0.05, 0) is 31.2 Å². The molecule has 5 heterocycles. The van der Waals surface area contributed by atoms with Gasteiger partial charge in [0.2, 0.25) is 0 Å². The predicted molar refractivity (Wildman–Crippen MR) is 152 cm³/mol. The molecule has 4 N–H and O–H groups in total. The molecule has 44 heavy (non-hydrogen) atoms. The number of nitriles is 1. The van der Waals surface area contributed by atoms with Gasteiger partial charge in [0.05, 0.1) is 40.2 Å². The highest BCUT2D eigenvalue weighted by Gasteiger charge is 2.38. The van der Waals surface area contributed by atoms with Crippen molar-refractivity contribution in [3.63, 3.8) is 0 Å². The Bertz CT molecular complexity index is 1770. The molecule has 4 aromatic rings. The van der Waals surface area contributed by atoms with Crippen LogP contribution in [0.4, 0.5) is 29.5 Å². The van der Waals surface area contributed by atoms with E-state index in [0.29, 0.717) is 18.8 Å². The van der Waals surface area contributed by atoms with E-state index < -0.39 is 11.9 Å². The Morgan fingerprint density at radius 1 is 1.18 bits per heavy atom. The first kappa shape index (κ1) is 29.2. The van der Waals surface area contributed by atoms with Crippen molar-refractivity contribution in [2.45, 2.75) is 31.2 Å². The van der Waals surface area contributed by atoms with Gasteiger partial charge in [-0.3, -0.25) is 13.9 Å². The fourth-order valence-corrected chi connectivity index (χ4v) is 5.44. The van der Waals surface area contributed by atoms with Crippen molar-refractivity contribution in [1.82, 2.24) is 45.0 Å². The molecule has 6 rings (SSSR count). The number of urea groups is 1. The maximum absolute atomic E-state index is 13.7. The highest BCUT2D eigenvalue weighted by Crippen LogP contribution is 2.37. The van der Waals surface area contributed by atoms with Crippen molar-refractivity contribution in [1.29, 1.82) is 5.26 Å². The van der Waals surface area contributed by atoms with Crippen molar-refractivity contribution in [3.05, 3.63) is 59.3 Å². The molecule has 0 radical (unpaired) electrons. The number of alkyl halides is 3. The monoisotopic (exact) mass is 627 g/mol. The maximum atomic E-state index is 13.7. The number of amides is 3. The molecule has 2 aliphatic rings. The fraction of sp³-hybridized carbons (Fsp3) is 0.333. The lowest BCUT2D eigenvalue weighted by Gasteiger charge is -2.39. The average molecular weight is 628 g/mol. The van der Waals surface area contributed by atoms with Gasteiger partial charge in [-0.2, -0.15) is 23.5 Å². The molecular formula is C27H25ClF3N11O2. The molecule has 13 nitrogen and oxygen atoms in total. The number of likely N-dealkylation sites (tertiary alicyclic amines) is 1. The summed E-state index contributed by atoms with van der Waals surface area (Å²) in [5.41, 5.74) is -0.291. The zero-order valence-electron chi connectivity index (χ0n) is 22.9. The van der Waals surface area contributed by atoms with Crippen LogP contribution in [-0.2, 0) is 12.7 Å². The minimum absolute atomic E-state index is 0.0963. The summed E-state index contributed by atoms with van der Waals surface area (Å²) in [6.45, 7) is 1.96. The van der Waals surface area contributed by atoms with Crippen LogP contribution < -0.4 is 21.3 Å². The highest BCUT2D eigenvalue weighted by molar-refractivity contribution is 6.34. The summed E-state index contributed by atoms with van der Waals surface area (Å²) in [6.07, 6.45) is 1.40. The quantitative estimate of drug-likeness (QED) is 0.244. The Labute approximate surface area is 253 Å². The molecule has 1 atom stereocenters. The summed E-state index contributed by atoms with van der Waals surface area (Å²) in [5, 5.41) is 24.7. The number of nitrogens with one attached hydrogen (secondary N) is 4. The van der Waals surface area contributed by atoms with Crippen LogP contribution in [0.2, 0.25) is 5.02 Å². The smallest absolute Gasteiger partial charge is 0.337 e. The number of halogens is 4. The van der Waals surface area contributed by atoms with E-state index in [0.717, 1.165) is 30.4 Å². The number of carbonyl (C=O) groups excluding carboxylic acids is 2. The molecule has 3 amide bonds. The van der Waals surface area contributed by atoms with Crippen molar-refractivity contribution in [3.8, 4) is 17.3 Å². The molecule has 0 saturated carbocycles. The Kier molecular flexibility index (Phi) is 7.74. The van der Waals surface area contributed by atoms with Crippen LogP contribution in [0, 0.1) is 11.3 Å². The third kappa shape index (κ3) is 5.83. The molecule has 3 aromatic heterocycles. The Balaban J connectivity index is 1.14. The van der Waals surface area contributed by atoms with Gasteiger partial charge >= 0.3 is 12.2 Å². The second-order valence-electron chi connectivity index (χ2n) is 10.4. The van der Waals surface area contributed by atoms with Gasteiger partial charge in [-0.25, -0.2) is 14.8 Å². The molecule has 0 unspecified atom stereocenters. The molecule has 228 valence electrons. The number of nitrogens with zero attached hydrogens (tertiary/aromatic N) is 7. The summed E-state index contributed by atoms with van der Waals surface area (Å²) < 4.78 is 43.5. The zero-order valence-corrected chi connectivity index (χ0v) is 23.7. The molecular weight excluding hydrogens is 603 g/mol. The van der Waals surface area contributed by atoms with Crippen molar-refractivity contribution in [2.75, 3.05) is 31.5 Å². The third-order valence-electron chi connectivity index (χ3n) is 7.33. The van der Waals surface area contributed by atoms with Crippen LogP contribution in [-0.4, -0.2) is 79.3 Å². The number of benzene rings is 1. The van der Waals surface area contributed by atoms with Crippen molar-refractivity contribution in [2.24, 2.45) is 0 Å². The second-order valence-corrected chi connectivity index (χ2v) is 10.8. The van der Waals surface area contributed by atoms with Gasteiger partial charge in [0.15, 0.2) is 17.2 Å². The first-order valence-electron chi connectivity index (χ1n) is 13.6. The van der Waals surface area contributed by atoms with E-state index in [1.54, 1.807) is 23.1 Å². The standard InChI is InChI=1S/C27H25ClF3N11O2/c28-20-9-15(1-2-18(20)25(43)40-12-17(13-40)38-26(44)37-16-3-5-33-10-16)36-23-24-35-11-21(42(24)8-6-34-23)19-14-41(7-4-32)39-22(19)27(29,30)31/h1-2,6,8-9,11,14,16-17,33H,3,5,7,10,12-13H2,(H,34,36)(H2,37,38,44)/t16-/m1/s1. The van der Waals surface area contributed by atoms with Crippen LogP contribution in [0.3, 0.4) is 0 Å². The Morgan fingerprint density at radius 2 is 1.98 bits per heavy atom. The van der Waals surface area contributed by atoms with Crippen molar-refractivity contribution >= 4 is 40.7 Å². The van der Waals surface area contributed by atoms with E-state index in [-0.39, 0.29) is 63.9 Å². The minimum atomic E-state index is -4.75. The van der Waals surface area contributed by atoms with E-state index in [2.05, 4.69) is 36.3 Å². The number of carbonyl (C=O) groups is 2. The van der Waals surface area contributed by atoms with Gasteiger partial charge in [-0.15, -0.1) is 0 Å². The summed E-state index contributed by atoms with van der Waals surface area (Å²) in [5.74, 6) is -0.0503. The molecule has 1 aromatic carbocycles. The molecule has 2 saturated heterocycles. The van der Waals surface area contributed by atoms with Crippen LogP contribution in [0.25, 0.3) is 16.9 Å². The summed E-state index contributed by atoms with van der Waals surface area (Å²) in [6, 6.07) is 6.18. The third-order valence-corrected chi connectivity index (χ3v) is 7.64. The van der Waals surface area contributed by atoms with E-state index >= 15 is 0 Å². The average Bonchev–Trinajstić information content (AvgIpc) is 3.70. The van der Waals surface area contributed by atoms with Crippen molar-refractivity contribution < 1.29 is 22.8 Å². The van der Waals surface area contributed by atoms with Gasteiger partial charge in [0, 0.05) is 50.0 Å².